The Balaban J connectivity index is 1.78. The number of hydroxylamine groups is 2. The van der Waals surface area contributed by atoms with Crippen LogP contribution in [0, 0.1) is 5.41 Å². The Labute approximate surface area is 231 Å². The van der Waals surface area contributed by atoms with Gasteiger partial charge in [0, 0.05) is 10.9 Å². The van der Waals surface area contributed by atoms with Crippen LogP contribution in [0.2, 0.25) is 0 Å². The number of hydrogen-bond acceptors (Lipinski definition) is 13. The highest BCUT2D eigenvalue weighted by Gasteiger charge is 2.58. The number of thiazole rings is 1. The summed E-state index contributed by atoms with van der Waals surface area (Å²) in [5, 5.41) is 24.7. The number of oxime groups is 1. The number of carboxylic acid groups (broad SMARTS) is 1. The van der Waals surface area contributed by atoms with Crippen molar-refractivity contribution in [2.24, 2.45) is 10.9 Å². The molecule has 216 valence electrons. The number of nitrogens with zero attached hydrogens (tertiary/aromatic N) is 3. The molecule has 1 aliphatic heterocycles. The van der Waals surface area contributed by atoms with Crippen LogP contribution in [0.1, 0.15) is 31.5 Å². The molecule has 40 heavy (non-hydrogen) atoms. The molecule has 8 N–H and O–H groups in total. The van der Waals surface area contributed by atoms with Gasteiger partial charge in [0.15, 0.2) is 16.9 Å². The van der Waals surface area contributed by atoms with E-state index in [1.807, 2.05) is 0 Å². The molecule has 0 radical (unpaired) electrons. The van der Waals surface area contributed by atoms with Crippen LogP contribution in [-0.4, -0.2) is 81.7 Å². The number of benzene rings is 1. The molecule has 1 aliphatic rings. The van der Waals surface area contributed by atoms with Crippen LogP contribution >= 0.6 is 11.3 Å². The van der Waals surface area contributed by atoms with Gasteiger partial charge in [-0.25, -0.2) is 4.98 Å². The predicted octanol–water partition coefficient (Wildman–Crippen LogP) is -0.508. The van der Waals surface area contributed by atoms with Crippen LogP contribution in [0.3, 0.4) is 0 Å². The summed E-state index contributed by atoms with van der Waals surface area (Å²) in [5.41, 5.74) is 9.61. The van der Waals surface area contributed by atoms with Crippen LogP contribution in [0.4, 0.5) is 5.13 Å². The van der Waals surface area contributed by atoms with Gasteiger partial charge in [0.25, 0.3) is 11.8 Å². The first-order chi connectivity index (χ1) is 18.6. The van der Waals surface area contributed by atoms with Crippen molar-refractivity contribution in [3.05, 3.63) is 40.9 Å². The van der Waals surface area contributed by atoms with E-state index in [9.17, 15) is 27.9 Å². The molecule has 2 unspecified atom stereocenters. The van der Waals surface area contributed by atoms with Crippen LogP contribution < -0.4 is 21.5 Å². The second-order valence-corrected chi connectivity index (χ2v) is 10.7. The number of hydrogen-bond donors (Lipinski definition) is 6. The maximum Gasteiger partial charge on any atom is 0.418 e. The largest absolute Gasteiger partial charge is 0.490 e. The number of aromatic nitrogens is 1. The standard InChI is InChI=1S/C21H25N7O10S2/c1-21(2)16(19(32)28(21)38-40(33,34)35)26-18(31)15(13-9-39-20(24)25-13)27-37-12(7-14(29)30)8-36-11-5-3-10(4-6-11)17(22)23/h3-6,9,12,16H,7-8H2,1-2H3,(H3,22,23)(H2,24,25)(H,26,31)(H,29,30)(H,33,34,35). The maximum absolute atomic E-state index is 13.1. The Kier molecular flexibility index (Phi) is 8.93. The average molecular weight is 600 g/mol. The third-order valence-electron chi connectivity index (χ3n) is 5.40. The number of anilines is 1. The molecule has 17 nitrogen and oxygen atoms in total. The molecule has 0 aliphatic carbocycles. The molecule has 0 saturated carbocycles. The van der Waals surface area contributed by atoms with Gasteiger partial charge in [-0.1, -0.05) is 5.16 Å². The molecule has 3 rings (SSSR count). The summed E-state index contributed by atoms with van der Waals surface area (Å²) in [7, 11) is -5.01. The first kappa shape index (κ1) is 30.2. The van der Waals surface area contributed by atoms with Gasteiger partial charge >= 0.3 is 16.4 Å². The number of carbonyl (C=O) groups is 3. The Bertz CT molecular complexity index is 1440. The summed E-state index contributed by atoms with van der Waals surface area (Å²) >= 11 is 0.969. The van der Waals surface area contributed by atoms with Gasteiger partial charge in [0.05, 0.1) is 12.0 Å². The zero-order chi connectivity index (χ0) is 29.8. The van der Waals surface area contributed by atoms with Gasteiger partial charge in [0.1, 0.15) is 29.9 Å². The summed E-state index contributed by atoms with van der Waals surface area (Å²) in [6.07, 6.45) is -1.76. The lowest BCUT2D eigenvalue weighted by molar-refractivity contribution is -0.218. The van der Waals surface area contributed by atoms with Gasteiger partial charge in [-0.3, -0.25) is 24.3 Å². The van der Waals surface area contributed by atoms with E-state index in [2.05, 4.69) is 19.7 Å². The second-order valence-electron chi connectivity index (χ2n) is 8.78. The van der Waals surface area contributed by atoms with Crippen LogP contribution in [-0.2, 0) is 33.9 Å². The topological polar surface area (TPSA) is 270 Å². The molecule has 1 fully saturated rings. The zero-order valence-electron chi connectivity index (χ0n) is 20.9. The molecule has 2 heterocycles. The molecule has 0 bridgehead atoms. The van der Waals surface area contributed by atoms with Gasteiger partial charge in [-0.15, -0.1) is 15.6 Å². The quantitative estimate of drug-likeness (QED) is 0.0557. The summed E-state index contributed by atoms with van der Waals surface area (Å²) in [6, 6.07) is 4.79. The molecular weight excluding hydrogens is 574 g/mol. The number of ether oxygens (including phenoxy) is 1. The minimum absolute atomic E-state index is 0.0505. The second kappa shape index (κ2) is 11.8. The monoisotopic (exact) mass is 599 g/mol. The lowest BCUT2D eigenvalue weighted by atomic mass is 9.84. The number of rotatable bonds is 13. The number of amidine groups is 1. The molecule has 0 spiro atoms. The third kappa shape index (κ3) is 7.40. The number of carbonyl (C=O) groups excluding carboxylic acids is 2. The van der Waals surface area contributed by atoms with E-state index < -0.39 is 58.0 Å². The molecule has 1 aromatic heterocycles. The minimum Gasteiger partial charge on any atom is -0.490 e. The van der Waals surface area contributed by atoms with Gasteiger partial charge < -0.3 is 31.5 Å². The van der Waals surface area contributed by atoms with E-state index in [-0.39, 0.29) is 23.3 Å². The first-order valence-electron chi connectivity index (χ1n) is 11.1. The van der Waals surface area contributed by atoms with Crippen molar-refractivity contribution in [1.82, 2.24) is 15.4 Å². The first-order valence-corrected chi connectivity index (χ1v) is 13.4. The van der Waals surface area contributed by atoms with Gasteiger partial charge in [-0.05, 0) is 38.1 Å². The van der Waals surface area contributed by atoms with E-state index in [1.54, 1.807) is 0 Å². The Hall–Kier alpha value is -4.33. The van der Waals surface area contributed by atoms with Crippen molar-refractivity contribution in [3.8, 4) is 5.75 Å². The van der Waals surface area contributed by atoms with E-state index in [1.165, 1.54) is 43.5 Å². The zero-order valence-corrected chi connectivity index (χ0v) is 22.6. The summed E-state index contributed by atoms with van der Waals surface area (Å²) in [6.45, 7) is 2.42. The Morgan fingerprint density at radius 3 is 2.48 bits per heavy atom. The Morgan fingerprint density at radius 1 is 1.32 bits per heavy atom. The Morgan fingerprint density at radius 2 is 1.98 bits per heavy atom. The molecule has 1 saturated heterocycles. The third-order valence-corrected chi connectivity index (χ3v) is 6.41. The van der Waals surface area contributed by atoms with E-state index in [0.717, 1.165) is 11.3 Å². The number of nitrogens with one attached hydrogen (secondary N) is 2. The fourth-order valence-electron chi connectivity index (χ4n) is 3.39. The molecule has 2 aromatic rings. The smallest absolute Gasteiger partial charge is 0.418 e. The number of carboxylic acids is 1. The number of nitrogens with two attached hydrogens (primary N) is 2. The molecule has 2 atom stereocenters. The van der Waals surface area contributed by atoms with Crippen molar-refractivity contribution in [1.29, 1.82) is 5.41 Å². The van der Waals surface area contributed by atoms with Crippen molar-refractivity contribution in [2.45, 2.75) is 38.0 Å². The van der Waals surface area contributed by atoms with Crippen molar-refractivity contribution in [2.75, 3.05) is 12.3 Å². The highest BCUT2D eigenvalue weighted by molar-refractivity contribution is 7.80. The fraction of sp³-hybridized carbons (Fsp3) is 0.333. The lowest BCUT2D eigenvalue weighted by Gasteiger charge is -2.50. The predicted molar refractivity (Wildman–Crippen MR) is 139 cm³/mol. The maximum atomic E-state index is 13.1. The normalized spacial score (nSPS) is 17.5. The van der Waals surface area contributed by atoms with E-state index in [4.69, 9.17) is 31.0 Å². The van der Waals surface area contributed by atoms with Crippen molar-refractivity contribution < 1.29 is 46.3 Å². The molecule has 2 amide bonds. The molecular formula is C21H25N7O10S2. The molecule has 1 aromatic carbocycles. The van der Waals surface area contributed by atoms with Crippen LogP contribution in [0.25, 0.3) is 0 Å². The highest BCUT2D eigenvalue weighted by Crippen LogP contribution is 2.33. The summed E-state index contributed by atoms with van der Waals surface area (Å²) in [4.78, 5) is 46.2. The van der Waals surface area contributed by atoms with Gasteiger partial charge in [-0.2, -0.15) is 13.5 Å². The van der Waals surface area contributed by atoms with Crippen molar-refractivity contribution >= 4 is 56.2 Å². The lowest BCUT2D eigenvalue weighted by Crippen LogP contribution is -2.76. The van der Waals surface area contributed by atoms with E-state index >= 15 is 0 Å². The number of β-lactam (4-membered cyclic amide) rings is 1. The summed E-state index contributed by atoms with van der Waals surface area (Å²) in [5.74, 6) is -3.05. The highest BCUT2D eigenvalue weighted by atomic mass is 32.3. The summed E-state index contributed by atoms with van der Waals surface area (Å²) < 4.78 is 40.8. The number of amides is 2. The van der Waals surface area contributed by atoms with Gasteiger partial charge in [0.2, 0.25) is 0 Å². The minimum atomic E-state index is -5.01. The number of nitrogen functional groups attached to an aromatic ring is 2. The molecule has 19 heteroatoms. The van der Waals surface area contributed by atoms with Crippen molar-refractivity contribution in [3.63, 3.8) is 0 Å². The van der Waals surface area contributed by atoms with Crippen LogP contribution in [0.15, 0.2) is 34.8 Å². The average Bonchev–Trinajstić information content (AvgIpc) is 3.29. The van der Waals surface area contributed by atoms with E-state index in [0.29, 0.717) is 16.4 Å². The SMILES string of the molecule is CC1(C)C(NC(=O)C(=NOC(COc2ccc(C(=N)N)cc2)CC(=O)O)c2csc(N)n2)C(=O)N1OS(=O)(=O)O. The van der Waals surface area contributed by atoms with Crippen LogP contribution in [0.5, 0.6) is 5.75 Å². The number of aliphatic carboxylic acids is 1. The fourth-order valence-corrected chi connectivity index (χ4v) is 4.39.